The number of aromatic carboxylic acids is 1. The van der Waals surface area contributed by atoms with Crippen LogP contribution in [0.25, 0.3) is 0 Å². The lowest BCUT2D eigenvalue weighted by molar-refractivity contribution is 0.0696. The van der Waals surface area contributed by atoms with E-state index < -0.39 is 16.0 Å². The summed E-state index contributed by atoms with van der Waals surface area (Å²) in [7, 11) is -3.78. The maximum atomic E-state index is 12.6. The van der Waals surface area contributed by atoms with Gasteiger partial charge in [-0.15, -0.1) is 0 Å². The third-order valence-electron chi connectivity index (χ3n) is 3.66. The first-order valence-electron chi connectivity index (χ1n) is 7.66. The predicted molar refractivity (Wildman–Crippen MR) is 89.4 cm³/mol. The number of nitrogens with zero attached hydrogens (tertiary/aromatic N) is 2. The molecule has 1 aromatic carbocycles. The van der Waals surface area contributed by atoms with Crippen LogP contribution in [0.1, 0.15) is 29.8 Å². The van der Waals surface area contributed by atoms with Gasteiger partial charge in [-0.3, -0.25) is 4.68 Å². The van der Waals surface area contributed by atoms with E-state index in [1.807, 2.05) is 26.1 Å². The van der Waals surface area contributed by atoms with E-state index in [4.69, 9.17) is 5.11 Å². The lowest BCUT2D eigenvalue weighted by atomic mass is 10.1. The summed E-state index contributed by atoms with van der Waals surface area (Å²) in [6, 6.07) is 5.98. The van der Waals surface area contributed by atoms with Crippen LogP contribution in [0.4, 0.5) is 0 Å². The number of benzene rings is 1. The number of carboxylic acid groups (broad SMARTS) is 1. The highest BCUT2D eigenvalue weighted by molar-refractivity contribution is 7.89. The Morgan fingerprint density at radius 3 is 2.75 bits per heavy atom. The molecule has 130 valence electrons. The Morgan fingerprint density at radius 1 is 1.42 bits per heavy atom. The van der Waals surface area contributed by atoms with E-state index in [-0.39, 0.29) is 22.9 Å². The van der Waals surface area contributed by atoms with Crippen molar-refractivity contribution in [1.29, 1.82) is 0 Å². The van der Waals surface area contributed by atoms with Crippen molar-refractivity contribution in [2.24, 2.45) is 5.92 Å². The fraction of sp³-hybridized carbons (Fsp3) is 0.375. The van der Waals surface area contributed by atoms with E-state index in [1.54, 1.807) is 16.9 Å². The fourth-order valence-corrected chi connectivity index (χ4v) is 3.85. The topological polar surface area (TPSA) is 101 Å². The molecule has 0 aliphatic rings. The first kappa shape index (κ1) is 18.2. The van der Waals surface area contributed by atoms with Crippen LogP contribution in [0.5, 0.6) is 0 Å². The second-order valence-electron chi connectivity index (χ2n) is 5.67. The predicted octanol–water partition coefficient (Wildman–Crippen LogP) is 1.76. The molecule has 0 saturated heterocycles. The van der Waals surface area contributed by atoms with Crippen LogP contribution in [-0.2, 0) is 23.0 Å². The number of sulfonamides is 1. The molecule has 8 heteroatoms. The zero-order valence-electron chi connectivity index (χ0n) is 13.6. The molecule has 0 amide bonds. The Morgan fingerprint density at radius 2 is 2.17 bits per heavy atom. The van der Waals surface area contributed by atoms with E-state index in [0.717, 1.165) is 0 Å². The summed E-state index contributed by atoms with van der Waals surface area (Å²) in [6.45, 7) is 4.57. The van der Waals surface area contributed by atoms with Gasteiger partial charge in [-0.1, -0.05) is 19.9 Å². The minimum Gasteiger partial charge on any atom is -0.478 e. The number of hydrogen-bond donors (Lipinski definition) is 2. The van der Waals surface area contributed by atoms with Crippen LogP contribution >= 0.6 is 0 Å². The van der Waals surface area contributed by atoms with Crippen LogP contribution in [0.15, 0.2) is 41.6 Å². The number of aromatic nitrogens is 2. The summed E-state index contributed by atoms with van der Waals surface area (Å²) >= 11 is 0. The Labute approximate surface area is 141 Å². The average molecular weight is 351 g/mol. The maximum Gasteiger partial charge on any atom is 0.335 e. The number of nitrogens with one attached hydrogen (secondary N) is 1. The van der Waals surface area contributed by atoms with Gasteiger partial charge in [0.1, 0.15) is 0 Å². The van der Waals surface area contributed by atoms with E-state index in [9.17, 15) is 13.2 Å². The highest BCUT2D eigenvalue weighted by Gasteiger charge is 2.20. The van der Waals surface area contributed by atoms with Crippen LogP contribution in [0, 0.1) is 5.92 Å². The maximum absolute atomic E-state index is 12.6. The van der Waals surface area contributed by atoms with Crippen LogP contribution in [0.3, 0.4) is 0 Å². The van der Waals surface area contributed by atoms with Crippen LogP contribution in [-0.4, -0.2) is 35.8 Å². The number of carboxylic acids is 1. The van der Waals surface area contributed by atoms with Crippen molar-refractivity contribution in [3.05, 3.63) is 47.8 Å². The molecule has 1 heterocycles. The molecule has 1 atom stereocenters. The molecular weight excluding hydrogens is 330 g/mol. The zero-order valence-corrected chi connectivity index (χ0v) is 14.5. The Kier molecular flexibility index (Phi) is 5.74. The van der Waals surface area contributed by atoms with Crippen molar-refractivity contribution >= 4 is 16.0 Å². The summed E-state index contributed by atoms with van der Waals surface area (Å²) in [5, 5.41) is 13.2. The largest absolute Gasteiger partial charge is 0.478 e. The fourth-order valence-electron chi connectivity index (χ4n) is 2.35. The first-order chi connectivity index (χ1) is 11.3. The van der Waals surface area contributed by atoms with Gasteiger partial charge in [-0.05, 0) is 36.1 Å². The van der Waals surface area contributed by atoms with E-state index >= 15 is 0 Å². The Balaban J connectivity index is 2.14. The molecule has 0 bridgehead atoms. The van der Waals surface area contributed by atoms with Gasteiger partial charge in [-0.25, -0.2) is 17.9 Å². The van der Waals surface area contributed by atoms with Gasteiger partial charge >= 0.3 is 5.97 Å². The van der Waals surface area contributed by atoms with Crippen molar-refractivity contribution in [2.75, 3.05) is 6.54 Å². The summed E-state index contributed by atoms with van der Waals surface area (Å²) in [6.07, 6.45) is 3.98. The highest BCUT2D eigenvalue weighted by atomic mass is 32.2. The second-order valence-corrected chi connectivity index (χ2v) is 7.40. The Hall–Kier alpha value is -2.19. The average Bonchev–Trinajstić information content (AvgIpc) is 3.05. The van der Waals surface area contributed by atoms with Crippen LogP contribution < -0.4 is 4.72 Å². The molecule has 2 aromatic rings. The number of aryl methyl sites for hydroxylation is 1. The van der Waals surface area contributed by atoms with Gasteiger partial charge < -0.3 is 5.11 Å². The van der Waals surface area contributed by atoms with Crippen molar-refractivity contribution in [3.8, 4) is 0 Å². The molecule has 0 spiro atoms. The molecule has 0 saturated carbocycles. The monoisotopic (exact) mass is 351 g/mol. The SMILES string of the molecule is CCc1ccc(C(=O)O)cc1S(=O)(=O)NCC(C)Cn1cccn1. The van der Waals surface area contributed by atoms with Crippen LogP contribution in [0.2, 0.25) is 0 Å². The number of carbonyl (C=O) groups is 1. The number of hydrogen-bond acceptors (Lipinski definition) is 4. The highest BCUT2D eigenvalue weighted by Crippen LogP contribution is 2.19. The van der Waals surface area contributed by atoms with Gasteiger partial charge in [0.2, 0.25) is 10.0 Å². The lowest BCUT2D eigenvalue weighted by Crippen LogP contribution is -2.31. The molecular formula is C16H21N3O4S. The molecule has 7 nitrogen and oxygen atoms in total. The standard InChI is InChI=1S/C16H21N3O4S/c1-3-13-5-6-14(16(20)21)9-15(13)24(22,23)18-10-12(2)11-19-8-4-7-17-19/h4-9,12,18H,3,10-11H2,1-2H3,(H,20,21). The van der Waals surface area contributed by atoms with Gasteiger partial charge in [0.15, 0.2) is 0 Å². The molecule has 24 heavy (non-hydrogen) atoms. The molecule has 0 aliphatic carbocycles. The smallest absolute Gasteiger partial charge is 0.335 e. The summed E-state index contributed by atoms with van der Waals surface area (Å²) in [5.74, 6) is -1.12. The normalized spacial score (nSPS) is 12.9. The summed E-state index contributed by atoms with van der Waals surface area (Å²) in [5.41, 5.74) is 0.546. The van der Waals surface area contributed by atoms with E-state index in [2.05, 4.69) is 9.82 Å². The third-order valence-corrected chi connectivity index (χ3v) is 5.17. The van der Waals surface area contributed by atoms with Gasteiger partial charge in [0.05, 0.1) is 10.5 Å². The molecule has 0 fully saturated rings. The minimum absolute atomic E-state index is 0.0242. The molecule has 1 unspecified atom stereocenters. The van der Waals surface area contributed by atoms with Gasteiger partial charge in [-0.2, -0.15) is 5.10 Å². The molecule has 0 radical (unpaired) electrons. The zero-order chi connectivity index (χ0) is 17.7. The van der Waals surface area contributed by atoms with E-state index in [1.165, 1.54) is 12.1 Å². The quantitative estimate of drug-likeness (QED) is 0.754. The molecule has 2 rings (SSSR count). The van der Waals surface area contributed by atoms with Crippen molar-refractivity contribution in [2.45, 2.75) is 31.7 Å². The molecule has 2 N–H and O–H groups in total. The van der Waals surface area contributed by atoms with Gasteiger partial charge in [0.25, 0.3) is 0 Å². The number of rotatable bonds is 8. The van der Waals surface area contributed by atoms with Gasteiger partial charge in [0, 0.05) is 25.5 Å². The molecule has 1 aromatic heterocycles. The Bertz CT molecular complexity index is 801. The van der Waals surface area contributed by atoms with E-state index in [0.29, 0.717) is 18.5 Å². The summed E-state index contributed by atoms with van der Waals surface area (Å²) < 4.78 is 29.4. The molecule has 0 aliphatic heterocycles. The lowest BCUT2D eigenvalue weighted by Gasteiger charge is -2.15. The van der Waals surface area contributed by atoms with Crippen molar-refractivity contribution < 1.29 is 18.3 Å². The third kappa shape index (κ3) is 4.42. The summed E-state index contributed by atoms with van der Waals surface area (Å²) in [4.78, 5) is 11.1. The van der Waals surface area contributed by atoms with Crippen molar-refractivity contribution in [3.63, 3.8) is 0 Å². The second kappa shape index (κ2) is 7.59. The minimum atomic E-state index is -3.78. The first-order valence-corrected chi connectivity index (χ1v) is 9.15. The van der Waals surface area contributed by atoms with Crippen molar-refractivity contribution in [1.82, 2.24) is 14.5 Å².